The van der Waals surface area contributed by atoms with Gasteiger partial charge in [0.05, 0.1) is 30.0 Å². The molecule has 2 aliphatic rings. The number of para-hydroxylation sites is 1. The SMILES string of the molecule is CC1CN(CC(=O)Nc2ccccc2C(=O)Nc2ccc3c(c2)OCO3)CC(C)O1. The van der Waals surface area contributed by atoms with Crippen molar-refractivity contribution in [2.24, 2.45) is 0 Å². The van der Waals surface area contributed by atoms with Gasteiger partial charge in [-0.1, -0.05) is 12.1 Å². The zero-order chi connectivity index (χ0) is 21.1. The number of nitrogens with one attached hydrogen (secondary N) is 2. The van der Waals surface area contributed by atoms with Crippen LogP contribution in [0.3, 0.4) is 0 Å². The van der Waals surface area contributed by atoms with Gasteiger partial charge >= 0.3 is 0 Å². The minimum Gasteiger partial charge on any atom is -0.454 e. The van der Waals surface area contributed by atoms with Gasteiger partial charge in [-0.15, -0.1) is 0 Å². The van der Waals surface area contributed by atoms with E-state index in [-0.39, 0.29) is 37.4 Å². The predicted molar refractivity (Wildman–Crippen MR) is 112 cm³/mol. The zero-order valence-electron chi connectivity index (χ0n) is 17.0. The molecule has 2 aromatic carbocycles. The van der Waals surface area contributed by atoms with E-state index in [0.29, 0.717) is 41.5 Å². The highest BCUT2D eigenvalue weighted by Gasteiger charge is 2.24. The highest BCUT2D eigenvalue weighted by atomic mass is 16.7. The number of rotatable bonds is 5. The molecular formula is C22H25N3O5. The third-order valence-electron chi connectivity index (χ3n) is 4.94. The molecule has 8 nitrogen and oxygen atoms in total. The molecule has 158 valence electrons. The minimum atomic E-state index is -0.321. The average molecular weight is 411 g/mol. The first-order chi connectivity index (χ1) is 14.5. The fraction of sp³-hybridized carbons (Fsp3) is 0.364. The van der Waals surface area contributed by atoms with Gasteiger partial charge in [-0.05, 0) is 38.1 Å². The topological polar surface area (TPSA) is 89.1 Å². The van der Waals surface area contributed by atoms with Crippen LogP contribution < -0.4 is 20.1 Å². The summed E-state index contributed by atoms with van der Waals surface area (Å²) < 4.78 is 16.3. The lowest BCUT2D eigenvalue weighted by Crippen LogP contribution is -2.48. The molecule has 2 atom stereocenters. The van der Waals surface area contributed by atoms with Crippen molar-refractivity contribution in [3.05, 3.63) is 48.0 Å². The van der Waals surface area contributed by atoms with E-state index in [1.807, 2.05) is 13.8 Å². The van der Waals surface area contributed by atoms with Crippen molar-refractivity contribution in [3.8, 4) is 11.5 Å². The zero-order valence-corrected chi connectivity index (χ0v) is 17.0. The second-order valence-electron chi connectivity index (χ2n) is 7.57. The number of benzene rings is 2. The summed E-state index contributed by atoms with van der Waals surface area (Å²) >= 11 is 0. The Morgan fingerprint density at radius 1 is 1.00 bits per heavy atom. The molecule has 0 aliphatic carbocycles. The maximum Gasteiger partial charge on any atom is 0.257 e. The van der Waals surface area contributed by atoms with Crippen LogP contribution in [0.4, 0.5) is 11.4 Å². The van der Waals surface area contributed by atoms with Gasteiger partial charge in [-0.3, -0.25) is 14.5 Å². The van der Waals surface area contributed by atoms with E-state index >= 15 is 0 Å². The van der Waals surface area contributed by atoms with Crippen LogP contribution >= 0.6 is 0 Å². The number of ether oxygens (including phenoxy) is 3. The normalized spacial score (nSPS) is 20.6. The molecule has 8 heteroatoms. The monoisotopic (exact) mass is 411 g/mol. The van der Waals surface area contributed by atoms with Crippen molar-refractivity contribution in [2.75, 3.05) is 37.1 Å². The molecule has 30 heavy (non-hydrogen) atoms. The van der Waals surface area contributed by atoms with E-state index in [2.05, 4.69) is 15.5 Å². The van der Waals surface area contributed by atoms with Crippen molar-refractivity contribution in [1.82, 2.24) is 4.90 Å². The van der Waals surface area contributed by atoms with E-state index in [9.17, 15) is 9.59 Å². The van der Waals surface area contributed by atoms with Crippen molar-refractivity contribution in [1.29, 1.82) is 0 Å². The third-order valence-corrected chi connectivity index (χ3v) is 4.94. The van der Waals surface area contributed by atoms with Crippen molar-refractivity contribution < 1.29 is 23.8 Å². The number of hydrogen-bond acceptors (Lipinski definition) is 6. The first kappa shape index (κ1) is 20.2. The first-order valence-electron chi connectivity index (χ1n) is 9.95. The summed E-state index contributed by atoms with van der Waals surface area (Å²) in [6.07, 6.45) is 0.169. The highest BCUT2D eigenvalue weighted by Crippen LogP contribution is 2.34. The van der Waals surface area contributed by atoms with Crippen molar-refractivity contribution in [3.63, 3.8) is 0 Å². The number of carbonyl (C=O) groups is 2. The Labute approximate surface area is 175 Å². The fourth-order valence-electron chi connectivity index (χ4n) is 3.77. The van der Waals surface area contributed by atoms with Gasteiger partial charge in [0.1, 0.15) is 0 Å². The van der Waals surface area contributed by atoms with Gasteiger partial charge in [0.15, 0.2) is 11.5 Å². The van der Waals surface area contributed by atoms with Crippen LogP contribution in [0.2, 0.25) is 0 Å². The van der Waals surface area contributed by atoms with Crippen LogP contribution in [-0.4, -0.2) is 55.3 Å². The molecule has 2 heterocycles. The standard InChI is InChI=1S/C22H25N3O5/c1-14-10-25(11-15(2)30-14)12-21(26)24-18-6-4-3-5-17(18)22(27)23-16-7-8-19-20(9-16)29-13-28-19/h3-9,14-15H,10-13H2,1-2H3,(H,23,27)(H,24,26). The van der Waals surface area contributed by atoms with Crippen molar-refractivity contribution >= 4 is 23.2 Å². The van der Waals surface area contributed by atoms with Crippen LogP contribution in [-0.2, 0) is 9.53 Å². The Kier molecular flexibility index (Phi) is 5.87. The summed E-state index contributed by atoms with van der Waals surface area (Å²) in [5.41, 5.74) is 1.43. The van der Waals surface area contributed by atoms with E-state index in [1.54, 1.807) is 42.5 Å². The number of fused-ring (bicyclic) bond motifs is 1. The highest BCUT2D eigenvalue weighted by molar-refractivity contribution is 6.10. The Hall–Kier alpha value is -3.10. The molecule has 1 saturated heterocycles. The van der Waals surface area contributed by atoms with Gasteiger partial charge in [-0.25, -0.2) is 0 Å². The molecule has 2 aliphatic heterocycles. The van der Waals surface area contributed by atoms with E-state index in [4.69, 9.17) is 14.2 Å². The number of anilines is 2. The Morgan fingerprint density at radius 2 is 1.73 bits per heavy atom. The van der Waals surface area contributed by atoms with Crippen LogP contribution in [0.15, 0.2) is 42.5 Å². The van der Waals surface area contributed by atoms with Gasteiger partial charge in [-0.2, -0.15) is 0 Å². The fourth-order valence-corrected chi connectivity index (χ4v) is 3.77. The molecule has 0 saturated carbocycles. The Balaban J connectivity index is 1.41. The van der Waals surface area contributed by atoms with Gasteiger partial charge < -0.3 is 24.8 Å². The molecule has 2 amide bonds. The Bertz CT molecular complexity index is 938. The molecule has 2 unspecified atom stereocenters. The number of carbonyl (C=O) groups excluding carboxylic acids is 2. The molecule has 0 aromatic heterocycles. The smallest absolute Gasteiger partial charge is 0.257 e. The second-order valence-corrected chi connectivity index (χ2v) is 7.57. The van der Waals surface area contributed by atoms with Crippen LogP contribution in [0, 0.1) is 0 Å². The lowest BCUT2D eigenvalue weighted by Gasteiger charge is -2.34. The second kappa shape index (κ2) is 8.73. The summed E-state index contributed by atoms with van der Waals surface area (Å²) in [5.74, 6) is 0.744. The lowest BCUT2D eigenvalue weighted by molar-refractivity contribution is -0.121. The summed E-state index contributed by atoms with van der Waals surface area (Å²) in [6, 6.07) is 12.1. The largest absolute Gasteiger partial charge is 0.454 e. The van der Waals surface area contributed by atoms with Gasteiger partial charge in [0, 0.05) is 24.8 Å². The van der Waals surface area contributed by atoms with E-state index in [1.165, 1.54) is 0 Å². The van der Waals surface area contributed by atoms with Crippen molar-refractivity contribution in [2.45, 2.75) is 26.1 Å². The molecule has 0 spiro atoms. The Morgan fingerprint density at radius 3 is 2.53 bits per heavy atom. The lowest BCUT2D eigenvalue weighted by atomic mass is 10.1. The number of amides is 2. The van der Waals surface area contributed by atoms with E-state index in [0.717, 1.165) is 0 Å². The summed E-state index contributed by atoms with van der Waals surface area (Å²) in [5, 5.41) is 5.71. The number of nitrogens with zero attached hydrogens (tertiary/aromatic N) is 1. The van der Waals surface area contributed by atoms with E-state index < -0.39 is 0 Å². The quantitative estimate of drug-likeness (QED) is 0.787. The van der Waals surface area contributed by atoms with Crippen LogP contribution in [0.1, 0.15) is 24.2 Å². The van der Waals surface area contributed by atoms with Gasteiger partial charge in [0.2, 0.25) is 12.7 Å². The molecule has 4 rings (SSSR count). The van der Waals surface area contributed by atoms with Crippen LogP contribution in [0.25, 0.3) is 0 Å². The molecule has 2 N–H and O–H groups in total. The molecule has 0 bridgehead atoms. The third kappa shape index (κ3) is 4.72. The minimum absolute atomic E-state index is 0.0846. The predicted octanol–water partition coefficient (Wildman–Crippen LogP) is 2.72. The number of hydrogen-bond donors (Lipinski definition) is 2. The molecule has 2 aromatic rings. The molecule has 1 fully saturated rings. The maximum atomic E-state index is 12.8. The average Bonchev–Trinajstić information content (AvgIpc) is 3.15. The summed E-state index contributed by atoms with van der Waals surface area (Å²) in [7, 11) is 0. The molecule has 0 radical (unpaired) electrons. The number of morpholine rings is 1. The summed E-state index contributed by atoms with van der Waals surface area (Å²) in [4.78, 5) is 27.5. The van der Waals surface area contributed by atoms with Gasteiger partial charge in [0.25, 0.3) is 5.91 Å². The van der Waals surface area contributed by atoms with Crippen LogP contribution in [0.5, 0.6) is 11.5 Å². The molecular weight excluding hydrogens is 386 g/mol. The first-order valence-corrected chi connectivity index (χ1v) is 9.95. The maximum absolute atomic E-state index is 12.8. The summed E-state index contributed by atoms with van der Waals surface area (Å²) in [6.45, 7) is 5.80.